The standard InChI is InChI=1S/C20H21N5S/c1-23-11-15(10-22-23)12-24-8-2-4-17(24)20-18-7-6-16(13-25(18)14-21-20)19-5-3-9-26-19/h3,5-7,9-11,13-14,17H,2,4,8,12H2,1H3. The van der Waals surface area contributed by atoms with Crippen LogP contribution in [0.5, 0.6) is 0 Å². The Bertz CT molecular complexity index is 1030. The molecule has 0 amide bonds. The van der Waals surface area contributed by atoms with E-state index in [9.17, 15) is 0 Å². The number of hydrogen-bond donors (Lipinski definition) is 0. The topological polar surface area (TPSA) is 38.4 Å². The fourth-order valence-electron chi connectivity index (χ4n) is 3.98. The smallest absolute Gasteiger partial charge is 0.0996 e. The van der Waals surface area contributed by atoms with E-state index in [4.69, 9.17) is 4.98 Å². The van der Waals surface area contributed by atoms with Crippen LogP contribution < -0.4 is 0 Å². The molecule has 0 aliphatic carbocycles. The number of fused-ring (bicyclic) bond motifs is 1. The molecule has 0 aromatic carbocycles. The Kier molecular flexibility index (Phi) is 3.87. The zero-order valence-corrected chi connectivity index (χ0v) is 15.6. The van der Waals surface area contributed by atoms with Gasteiger partial charge in [-0.3, -0.25) is 9.58 Å². The minimum atomic E-state index is 0.382. The molecule has 1 unspecified atom stereocenters. The Morgan fingerprint density at radius 1 is 1.23 bits per heavy atom. The highest BCUT2D eigenvalue weighted by Crippen LogP contribution is 2.35. The molecule has 6 heteroatoms. The highest BCUT2D eigenvalue weighted by Gasteiger charge is 2.29. The molecule has 132 valence electrons. The number of thiophene rings is 1. The van der Waals surface area contributed by atoms with E-state index < -0.39 is 0 Å². The number of imidazole rings is 1. The van der Waals surface area contributed by atoms with E-state index in [0.29, 0.717) is 6.04 Å². The van der Waals surface area contributed by atoms with Crippen LogP contribution in [0.25, 0.3) is 16.0 Å². The van der Waals surface area contributed by atoms with Gasteiger partial charge >= 0.3 is 0 Å². The fourth-order valence-corrected chi connectivity index (χ4v) is 4.70. The minimum absolute atomic E-state index is 0.382. The zero-order valence-electron chi connectivity index (χ0n) is 14.7. The molecule has 0 saturated carbocycles. The molecule has 5 nitrogen and oxygen atoms in total. The third-order valence-electron chi connectivity index (χ3n) is 5.19. The van der Waals surface area contributed by atoms with Crippen LogP contribution in [0.2, 0.25) is 0 Å². The van der Waals surface area contributed by atoms with Gasteiger partial charge in [-0.15, -0.1) is 11.3 Å². The van der Waals surface area contributed by atoms with Crippen molar-refractivity contribution in [3.05, 3.63) is 65.8 Å². The number of aromatic nitrogens is 4. The van der Waals surface area contributed by atoms with Crippen molar-refractivity contribution in [1.82, 2.24) is 24.1 Å². The van der Waals surface area contributed by atoms with Crippen LogP contribution in [0, 0.1) is 0 Å². The van der Waals surface area contributed by atoms with Crippen molar-refractivity contribution >= 4 is 16.9 Å². The van der Waals surface area contributed by atoms with Crippen LogP contribution in [-0.4, -0.2) is 30.6 Å². The van der Waals surface area contributed by atoms with Crippen molar-refractivity contribution in [2.75, 3.05) is 6.54 Å². The predicted octanol–water partition coefficient (Wildman–Crippen LogP) is 4.13. The second-order valence-corrected chi connectivity index (χ2v) is 7.92. The summed E-state index contributed by atoms with van der Waals surface area (Å²) in [7, 11) is 1.97. The van der Waals surface area contributed by atoms with Gasteiger partial charge in [0.1, 0.15) is 0 Å². The number of nitrogens with zero attached hydrogens (tertiary/aromatic N) is 5. The van der Waals surface area contributed by atoms with Crippen LogP contribution in [0.1, 0.15) is 30.1 Å². The van der Waals surface area contributed by atoms with Gasteiger partial charge in [0.2, 0.25) is 0 Å². The third kappa shape index (κ3) is 2.75. The molecule has 26 heavy (non-hydrogen) atoms. The first-order chi connectivity index (χ1) is 12.8. The fraction of sp³-hybridized carbons (Fsp3) is 0.300. The lowest BCUT2D eigenvalue weighted by Crippen LogP contribution is -2.23. The average Bonchev–Trinajstić information content (AvgIpc) is 3.42. The van der Waals surface area contributed by atoms with E-state index in [1.54, 1.807) is 11.3 Å². The maximum atomic E-state index is 4.80. The van der Waals surface area contributed by atoms with Crippen LogP contribution in [0.15, 0.2) is 54.6 Å². The van der Waals surface area contributed by atoms with Gasteiger partial charge in [0.05, 0.1) is 29.8 Å². The molecule has 0 N–H and O–H groups in total. The number of likely N-dealkylation sites (tertiary alicyclic amines) is 1. The molecule has 5 rings (SSSR count). The molecule has 0 spiro atoms. The first-order valence-electron chi connectivity index (χ1n) is 9.00. The molecule has 1 saturated heterocycles. The SMILES string of the molecule is Cn1cc(CN2CCCC2c2ncn3cc(-c4cccs4)ccc23)cn1. The number of rotatable bonds is 4. The maximum Gasteiger partial charge on any atom is 0.0996 e. The molecule has 0 bridgehead atoms. The van der Waals surface area contributed by atoms with Crippen LogP contribution in [0.4, 0.5) is 0 Å². The highest BCUT2D eigenvalue weighted by molar-refractivity contribution is 7.13. The van der Waals surface area contributed by atoms with Crippen molar-refractivity contribution < 1.29 is 0 Å². The summed E-state index contributed by atoms with van der Waals surface area (Å²) >= 11 is 1.77. The first-order valence-corrected chi connectivity index (χ1v) is 9.88. The van der Waals surface area contributed by atoms with Gasteiger partial charge in [-0.1, -0.05) is 6.07 Å². The minimum Gasteiger partial charge on any atom is -0.305 e. The normalized spacial score (nSPS) is 18.1. The summed E-state index contributed by atoms with van der Waals surface area (Å²) in [6.07, 6.45) is 10.6. The maximum absolute atomic E-state index is 4.80. The third-order valence-corrected chi connectivity index (χ3v) is 6.11. The molecule has 5 heterocycles. The summed E-state index contributed by atoms with van der Waals surface area (Å²) in [6, 6.07) is 9.08. The van der Waals surface area contributed by atoms with Gasteiger partial charge in [0, 0.05) is 42.0 Å². The predicted molar refractivity (Wildman–Crippen MR) is 104 cm³/mol. The van der Waals surface area contributed by atoms with Gasteiger partial charge in [-0.05, 0) is 43.0 Å². The summed E-state index contributed by atoms with van der Waals surface area (Å²) < 4.78 is 4.05. The van der Waals surface area contributed by atoms with E-state index in [1.807, 2.05) is 24.3 Å². The van der Waals surface area contributed by atoms with E-state index >= 15 is 0 Å². The number of pyridine rings is 1. The molecule has 1 aliphatic rings. The Morgan fingerprint density at radius 2 is 2.19 bits per heavy atom. The Balaban J connectivity index is 1.46. The summed E-state index contributed by atoms with van der Waals surface area (Å²) in [4.78, 5) is 8.63. The first kappa shape index (κ1) is 15.8. The van der Waals surface area contributed by atoms with E-state index in [0.717, 1.165) is 13.1 Å². The van der Waals surface area contributed by atoms with Crippen LogP contribution in [0.3, 0.4) is 0 Å². The molecule has 1 aliphatic heterocycles. The highest BCUT2D eigenvalue weighted by atomic mass is 32.1. The van der Waals surface area contributed by atoms with Crippen molar-refractivity contribution in [2.45, 2.75) is 25.4 Å². The summed E-state index contributed by atoms with van der Waals surface area (Å²) in [6.45, 7) is 2.05. The molecule has 4 aromatic heterocycles. The quantitative estimate of drug-likeness (QED) is 0.547. The van der Waals surface area contributed by atoms with Gasteiger partial charge in [0.15, 0.2) is 0 Å². The molecule has 4 aromatic rings. The second kappa shape index (κ2) is 6.37. The average molecular weight is 363 g/mol. The summed E-state index contributed by atoms with van der Waals surface area (Å²) in [5, 5.41) is 6.42. The van der Waals surface area contributed by atoms with Gasteiger partial charge < -0.3 is 4.40 Å². The summed E-state index contributed by atoms with van der Waals surface area (Å²) in [5.74, 6) is 0. The molecular formula is C20H21N5S. The zero-order chi connectivity index (χ0) is 17.5. The lowest BCUT2D eigenvalue weighted by Gasteiger charge is -2.22. The largest absolute Gasteiger partial charge is 0.305 e. The molecule has 1 fully saturated rings. The lowest BCUT2D eigenvalue weighted by molar-refractivity contribution is 0.246. The van der Waals surface area contributed by atoms with Gasteiger partial charge in [-0.25, -0.2) is 4.98 Å². The Labute approximate surface area is 156 Å². The molecule has 0 radical (unpaired) electrons. The van der Waals surface area contributed by atoms with E-state index in [-0.39, 0.29) is 0 Å². The number of hydrogen-bond acceptors (Lipinski definition) is 4. The van der Waals surface area contributed by atoms with Gasteiger partial charge in [0.25, 0.3) is 0 Å². The Morgan fingerprint density at radius 3 is 3.00 bits per heavy atom. The van der Waals surface area contributed by atoms with Crippen molar-refractivity contribution in [2.24, 2.45) is 7.05 Å². The second-order valence-electron chi connectivity index (χ2n) is 6.97. The van der Waals surface area contributed by atoms with Gasteiger partial charge in [-0.2, -0.15) is 5.10 Å². The Hall–Kier alpha value is -2.44. The van der Waals surface area contributed by atoms with Crippen molar-refractivity contribution in [1.29, 1.82) is 0 Å². The van der Waals surface area contributed by atoms with Crippen LogP contribution >= 0.6 is 11.3 Å². The number of aryl methyl sites for hydroxylation is 1. The summed E-state index contributed by atoms with van der Waals surface area (Å²) in [5.41, 5.74) is 4.93. The molecule has 1 atom stereocenters. The lowest BCUT2D eigenvalue weighted by atomic mass is 10.1. The van der Waals surface area contributed by atoms with E-state index in [2.05, 4.69) is 56.4 Å². The van der Waals surface area contributed by atoms with Crippen molar-refractivity contribution in [3.63, 3.8) is 0 Å². The van der Waals surface area contributed by atoms with E-state index in [1.165, 1.54) is 40.1 Å². The molecular weight excluding hydrogens is 342 g/mol. The van der Waals surface area contributed by atoms with Crippen LogP contribution in [-0.2, 0) is 13.6 Å². The monoisotopic (exact) mass is 363 g/mol. The van der Waals surface area contributed by atoms with Crippen molar-refractivity contribution in [3.8, 4) is 10.4 Å².